The van der Waals surface area contributed by atoms with E-state index in [4.69, 9.17) is 9.97 Å². The molecule has 0 atom stereocenters. The van der Waals surface area contributed by atoms with E-state index in [2.05, 4.69) is 40.2 Å². The minimum Gasteiger partial charge on any atom is -0.317 e. The standard InChI is InChI=1S/C25H21N5O2S/c31-30(32)22-8-7-21(33-22)24-28-23-20(18-6-5-16-3-1-2-4-17(16)15-18)11-14-27-25(23)29(24)19-9-12-26-13-10-19/h1-8,11,14-15,19,26H,9-10,12-13H2. The maximum Gasteiger partial charge on any atom is 0.324 e. The van der Waals surface area contributed by atoms with Gasteiger partial charge in [-0.3, -0.25) is 10.1 Å². The van der Waals surface area contributed by atoms with Crippen LogP contribution in [0.2, 0.25) is 0 Å². The van der Waals surface area contributed by atoms with Crippen molar-refractivity contribution in [1.82, 2.24) is 19.9 Å². The van der Waals surface area contributed by atoms with Crippen molar-refractivity contribution in [3.05, 3.63) is 77.0 Å². The van der Waals surface area contributed by atoms with Crippen LogP contribution in [0.15, 0.2) is 66.9 Å². The van der Waals surface area contributed by atoms with Gasteiger partial charge in [-0.1, -0.05) is 47.7 Å². The number of imidazole rings is 1. The Hall–Kier alpha value is -3.62. The summed E-state index contributed by atoms with van der Waals surface area (Å²) in [5.41, 5.74) is 3.77. The van der Waals surface area contributed by atoms with Gasteiger partial charge in [0.2, 0.25) is 0 Å². The lowest BCUT2D eigenvalue weighted by atomic mass is 10.0. The topological polar surface area (TPSA) is 85.9 Å². The highest BCUT2D eigenvalue weighted by Gasteiger charge is 2.26. The Morgan fingerprint density at radius 2 is 1.85 bits per heavy atom. The van der Waals surface area contributed by atoms with Gasteiger partial charge in [0.15, 0.2) is 11.5 Å². The number of aromatic nitrogens is 3. The molecular weight excluding hydrogens is 434 g/mol. The quantitative estimate of drug-likeness (QED) is 0.273. The average molecular weight is 456 g/mol. The first kappa shape index (κ1) is 20.0. The molecule has 8 heteroatoms. The zero-order valence-corrected chi connectivity index (χ0v) is 18.6. The van der Waals surface area contributed by atoms with Crippen LogP contribution in [0.25, 0.3) is 43.8 Å². The van der Waals surface area contributed by atoms with Crippen LogP contribution in [0.5, 0.6) is 0 Å². The summed E-state index contributed by atoms with van der Waals surface area (Å²) in [7, 11) is 0. The normalized spacial score (nSPS) is 14.8. The van der Waals surface area contributed by atoms with Crippen LogP contribution in [-0.4, -0.2) is 32.5 Å². The SMILES string of the molecule is O=[N+]([O-])c1ccc(-c2nc3c(-c4ccc5ccccc5c4)ccnc3n2C2CCNCC2)s1. The molecule has 0 amide bonds. The molecule has 1 aliphatic heterocycles. The van der Waals surface area contributed by atoms with E-state index in [0.29, 0.717) is 0 Å². The molecule has 3 aromatic heterocycles. The fraction of sp³-hybridized carbons (Fsp3) is 0.200. The fourth-order valence-corrected chi connectivity index (χ4v) is 5.52. The second-order valence-electron chi connectivity index (χ2n) is 8.27. The van der Waals surface area contributed by atoms with E-state index in [-0.39, 0.29) is 16.0 Å². The van der Waals surface area contributed by atoms with E-state index in [1.807, 2.05) is 24.4 Å². The highest BCUT2D eigenvalue weighted by atomic mass is 32.1. The largest absolute Gasteiger partial charge is 0.324 e. The van der Waals surface area contributed by atoms with Crippen molar-refractivity contribution in [2.45, 2.75) is 18.9 Å². The first-order valence-electron chi connectivity index (χ1n) is 11.0. The van der Waals surface area contributed by atoms with Crippen molar-refractivity contribution in [3.8, 4) is 21.8 Å². The van der Waals surface area contributed by atoms with Gasteiger partial charge in [-0.15, -0.1) is 0 Å². The molecule has 4 heterocycles. The maximum absolute atomic E-state index is 11.3. The van der Waals surface area contributed by atoms with E-state index in [1.165, 1.54) is 22.1 Å². The molecule has 0 radical (unpaired) electrons. The Kier molecular flexibility index (Phi) is 4.89. The van der Waals surface area contributed by atoms with Gasteiger partial charge in [-0.2, -0.15) is 0 Å². The molecule has 0 unspecified atom stereocenters. The number of fused-ring (bicyclic) bond motifs is 2. The van der Waals surface area contributed by atoms with Crippen molar-refractivity contribution in [1.29, 1.82) is 0 Å². The average Bonchev–Trinajstić information content (AvgIpc) is 3.49. The Labute approximate surface area is 193 Å². The lowest BCUT2D eigenvalue weighted by Gasteiger charge is -2.25. The van der Waals surface area contributed by atoms with E-state index < -0.39 is 0 Å². The zero-order chi connectivity index (χ0) is 22.4. The first-order chi connectivity index (χ1) is 16.2. The summed E-state index contributed by atoms with van der Waals surface area (Å²) in [6, 6.07) is 20.3. The van der Waals surface area contributed by atoms with Crippen LogP contribution in [0, 0.1) is 10.1 Å². The summed E-state index contributed by atoms with van der Waals surface area (Å²) < 4.78 is 2.20. The molecule has 0 bridgehead atoms. The van der Waals surface area contributed by atoms with Crippen LogP contribution in [0.3, 0.4) is 0 Å². The molecule has 0 aliphatic carbocycles. The highest BCUT2D eigenvalue weighted by molar-refractivity contribution is 7.18. The van der Waals surface area contributed by atoms with Crippen molar-refractivity contribution in [2.24, 2.45) is 0 Å². The summed E-state index contributed by atoms with van der Waals surface area (Å²) in [5.74, 6) is 0.760. The molecule has 0 saturated carbocycles. The number of pyridine rings is 1. The number of hydrogen-bond donors (Lipinski definition) is 1. The van der Waals surface area contributed by atoms with Gasteiger partial charge in [0.1, 0.15) is 5.52 Å². The summed E-state index contributed by atoms with van der Waals surface area (Å²) in [6.07, 6.45) is 3.77. The number of piperidine rings is 1. The highest BCUT2D eigenvalue weighted by Crippen LogP contribution is 2.39. The van der Waals surface area contributed by atoms with Crippen LogP contribution < -0.4 is 5.32 Å². The predicted molar refractivity (Wildman–Crippen MR) is 132 cm³/mol. The van der Waals surface area contributed by atoms with Gasteiger partial charge >= 0.3 is 5.00 Å². The van der Waals surface area contributed by atoms with Crippen molar-refractivity contribution in [3.63, 3.8) is 0 Å². The Bertz CT molecular complexity index is 1500. The molecule has 33 heavy (non-hydrogen) atoms. The maximum atomic E-state index is 11.3. The van der Waals surface area contributed by atoms with Crippen molar-refractivity contribution < 1.29 is 4.92 Å². The molecule has 5 aromatic rings. The van der Waals surface area contributed by atoms with Gasteiger partial charge in [0.05, 0.1) is 9.80 Å². The van der Waals surface area contributed by atoms with E-state index >= 15 is 0 Å². The smallest absolute Gasteiger partial charge is 0.317 e. The summed E-state index contributed by atoms with van der Waals surface area (Å²) in [5, 5.41) is 17.2. The van der Waals surface area contributed by atoms with E-state index in [9.17, 15) is 10.1 Å². The minimum absolute atomic E-state index is 0.122. The van der Waals surface area contributed by atoms with Crippen molar-refractivity contribution in [2.75, 3.05) is 13.1 Å². The lowest BCUT2D eigenvalue weighted by molar-refractivity contribution is -0.380. The number of thiophene rings is 1. The van der Waals surface area contributed by atoms with E-state index in [1.54, 1.807) is 12.1 Å². The Morgan fingerprint density at radius 1 is 1.03 bits per heavy atom. The molecule has 7 nitrogen and oxygen atoms in total. The number of rotatable bonds is 4. The van der Waals surface area contributed by atoms with E-state index in [0.717, 1.165) is 58.9 Å². The number of hydrogen-bond acceptors (Lipinski definition) is 6. The predicted octanol–water partition coefficient (Wildman–Crippen LogP) is 5.81. The van der Waals surface area contributed by atoms with Crippen LogP contribution >= 0.6 is 11.3 Å². The second kappa shape index (κ2) is 8.06. The molecule has 6 rings (SSSR count). The minimum atomic E-state index is -0.343. The van der Waals surface area contributed by atoms with Gasteiger partial charge in [-0.05, 0) is 60.5 Å². The monoisotopic (exact) mass is 455 g/mol. The fourth-order valence-electron chi connectivity index (χ4n) is 4.71. The van der Waals surface area contributed by atoms with Crippen molar-refractivity contribution >= 4 is 38.3 Å². The van der Waals surface area contributed by atoms with Gasteiger partial charge in [0.25, 0.3) is 0 Å². The van der Waals surface area contributed by atoms with Gasteiger partial charge < -0.3 is 9.88 Å². The lowest BCUT2D eigenvalue weighted by Crippen LogP contribution is -2.29. The third kappa shape index (κ3) is 3.48. The third-order valence-corrected chi connectivity index (χ3v) is 7.34. The molecule has 0 spiro atoms. The van der Waals surface area contributed by atoms with Gasteiger partial charge in [-0.25, -0.2) is 9.97 Å². The summed E-state index contributed by atoms with van der Waals surface area (Å²) in [6.45, 7) is 1.86. The third-order valence-electron chi connectivity index (χ3n) is 6.31. The zero-order valence-electron chi connectivity index (χ0n) is 17.8. The van der Waals surface area contributed by atoms with Crippen LogP contribution in [0.1, 0.15) is 18.9 Å². The molecule has 1 fully saturated rings. The van der Waals surface area contributed by atoms with Gasteiger partial charge in [0, 0.05) is 23.9 Å². The molecule has 2 aromatic carbocycles. The molecule has 1 aliphatic rings. The number of benzene rings is 2. The molecule has 1 saturated heterocycles. The Morgan fingerprint density at radius 3 is 2.64 bits per heavy atom. The number of nitrogens with zero attached hydrogens (tertiary/aromatic N) is 4. The molecule has 164 valence electrons. The summed E-state index contributed by atoms with van der Waals surface area (Å²) >= 11 is 1.17. The number of nitro groups is 1. The van der Waals surface area contributed by atoms with Crippen LogP contribution in [-0.2, 0) is 0 Å². The Balaban J connectivity index is 1.58. The second-order valence-corrected chi connectivity index (χ2v) is 9.34. The number of nitrogens with one attached hydrogen (secondary N) is 1. The first-order valence-corrected chi connectivity index (χ1v) is 11.8. The summed E-state index contributed by atoms with van der Waals surface area (Å²) in [4.78, 5) is 21.6. The molecular formula is C25H21N5O2S. The van der Waals surface area contributed by atoms with Crippen LogP contribution in [0.4, 0.5) is 5.00 Å². The molecule has 1 N–H and O–H groups in total.